The molecular formula is C12H11BrO2. The van der Waals surface area contributed by atoms with Crippen LogP contribution in [-0.2, 0) is 0 Å². The summed E-state index contributed by atoms with van der Waals surface area (Å²) in [4.78, 5) is 10.6. The molecule has 1 aromatic rings. The molecule has 0 atom stereocenters. The van der Waals surface area contributed by atoms with Crippen molar-refractivity contribution in [2.45, 2.75) is 6.42 Å². The van der Waals surface area contributed by atoms with Crippen LogP contribution in [0.4, 0.5) is 0 Å². The molecule has 0 aliphatic heterocycles. The van der Waals surface area contributed by atoms with Crippen molar-refractivity contribution >= 4 is 22.2 Å². The number of halogens is 1. The molecule has 0 aliphatic rings. The molecule has 1 aromatic carbocycles. The van der Waals surface area contributed by atoms with Gasteiger partial charge in [0.1, 0.15) is 12.0 Å². The van der Waals surface area contributed by atoms with Crippen molar-refractivity contribution in [2.75, 3.05) is 12.4 Å². The van der Waals surface area contributed by atoms with E-state index in [2.05, 4.69) is 27.8 Å². The number of rotatable bonds is 3. The van der Waals surface area contributed by atoms with Crippen LogP contribution in [0.25, 0.3) is 0 Å². The molecule has 0 spiro atoms. The van der Waals surface area contributed by atoms with E-state index in [1.54, 1.807) is 25.3 Å². The number of methoxy groups -OCH3 is 1. The largest absolute Gasteiger partial charge is 0.495 e. The average molecular weight is 267 g/mol. The van der Waals surface area contributed by atoms with Gasteiger partial charge in [-0.3, -0.25) is 4.79 Å². The zero-order valence-corrected chi connectivity index (χ0v) is 10.0. The average Bonchev–Trinajstić information content (AvgIpc) is 2.29. The van der Waals surface area contributed by atoms with Crippen LogP contribution in [0.5, 0.6) is 5.75 Å². The first kappa shape index (κ1) is 11.8. The molecule has 0 unspecified atom stereocenters. The second-order valence-electron chi connectivity index (χ2n) is 2.82. The molecule has 0 heterocycles. The van der Waals surface area contributed by atoms with Crippen molar-refractivity contribution < 1.29 is 9.53 Å². The number of benzene rings is 1. The Labute approximate surface area is 97.8 Å². The Morgan fingerprint density at radius 1 is 1.53 bits per heavy atom. The van der Waals surface area contributed by atoms with Gasteiger partial charge in [0.15, 0.2) is 0 Å². The molecule has 0 fully saturated rings. The molecule has 3 heteroatoms. The molecule has 78 valence electrons. The highest BCUT2D eigenvalue weighted by Crippen LogP contribution is 2.17. The normalized spacial score (nSPS) is 8.93. The summed E-state index contributed by atoms with van der Waals surface area (Å²) in [6.45, 7) is 0. The fraction of sp³-hybridized carbons (Fsp3) is 0.250. The lowest BCUT2D eigenvalue weighted by Gasteiger charge is -2.02. The van der Waals surface area contributed by atoms with Gasteiger partial charge in [-0.2, -0.15) is 0 Å². The van der Waals surface area contributed by atoms with Gasteiger partial charge >= 0.3 is 0 Å². The van der Waals surface area contributed by atoms with Crippen LogP contribution in [0, 0.1) is 11.8 Å². The van der Waals surface area contributed by atoms with E-state index in [0.29, 0.717) is 11.3 Å². The summed E-state index contributed by atoms with van der Waals surface area (Å²) in [5.41, 5.74) is 1.36. The van der Waals surface area contributed by atoms with Gasteiger partial charge in [0, 0.05) is 17.3 Å². The summed E-state index contributed by atoms with van der Waals surface area (Å²) in [6, 6.07) is 5.19. The van der Waals surface area contributed by atoms with Gasteiger partial charge in [0.25, 0.3) is 0 Å². The Bertz CT molecular complexity index is 402. The van der Waals surface area contributed by atoms with Gasteiger partial charge in [0.05, 0.1) is 12.7 Å². The lowest BCUT2D eigenvalue weighted by Crippen LogP contribution is -1.90. The summed E-state index contributed by atoms with van der Waals surface area (Å²) in [5.74, 6) is 6.66. The van der Waals surface area contributed by atoms with Crippen molar-refractivity contribution in [2.24, 2.45) is 0 Å². The highest BCUT2D eigenvalue weighted by Gasteiger charge is 2.00. The number of aldehydes is 1. The summed E-state index contributed by atoms with van der Waals surface area (Å²) in [7, 11) is 1.59. The quantitative estimate of drug-likeness (QED) is 0.478. The molecular weight excluding hydrogens is 256 g/mol. The van der Waals surface area contributed by atoms with Crippen LogP contribution in [0.1, 0.15) is 22.3 Å². The second kappa shape index (κ2) is 6.26. The zero-order valence-electron chi connectivity index (χ0n) is 8.42. The van der Waals surface area contributed by atoms with Crippen molar-refractivity contribution in [3.63, 3.8) is 0 Å². The number of carbonyl (C=O) groups excluding carboxylic acids is 1. The van der Waals surface area contributed by atoms with Crippen LogP contribution in [-0.4, -0.2) is 18.7 Å². The van der Waals surface area contributed by atoms with Crippen molar-refractivity contribution in [1.82, 2.24) is 0 Å². The fourth-order valence-corrected chi connectivity index (χ4v) is 1.30. The topological polar surface area (TPSA) is 26.3 Å². The molecule has 2 nitrogen and oxygen atoms in total. The number of ether oxygens (including phenoxy) is 1. The molecule has 0 bridgehead atoms. The monoisotopic (exact) mass is 266 g/mol. The minimum Gasteiger partial charge on any atom is -0.495 e. The molecule has 0 saturated heterocycles. The number of carbonyl (C=O) groups is 1. The standard InChI is InChI=1S/C12H11BrO2/c1-15-12-6-5-10(9-14)8-11(12)4-2-3-7-13/h5-6,8-9H,3,7H2,1H3. The minimum atomic E-state index is 0.610. The van der Waals surface area contributed by atoms with Crippen molar-refractivity contribution in [3.8, 4) is 17.6 Å². The van der Waals surface area contributed by atoms with Gasteiger partial charge in [-0.05, 0) is 18.2 Å². The molecule has 15 heavy (non-hydrogen) atoms. The van der Waals surface area contributed by atoms with Crippen molar-refractivity contribution in [1.29, 1.82) is 0 Å². The molecule has 0 aliphatic carbocycles. The predicted octanol–water partition coefficient (Wildman–Crippen LogP) is 2.64. The van der Waals surface area contributed by atoms with Crippen LogP contribution >= 0.6 is 15.9 Å². The van der Waals surface area contributed by atoms with Crippen LogP contribution in [0.2, 0.25) is 0 Å². The highest BCUT2D eigenvalue weighted by atomic mass is 79.9. The zero-order chi connectivity index (χ0) is 11.1. The molecule has 0 N–H and O–H groups in total. The number of hydrogen-bond acceptors (Lipinski definition) is 2. The Morgan fingerprint density at radius 2 is 2.33 bits per heavy atom. The van der Waals surface area contributed by atoms with E-state index in [9.17, 15) is 4.79 Å². The third-order valence-electron chi connectivity index (χ3n) is 1.80. The summed E-state index contributed by atoms with van der Waals surface area (Å²) in [6.07, 6.45) is 1.57. The molecule has 0 radical (unpaired) electrons. The molecule has 1 rings (SSSR count). The Morgan fingerprint density at radius 3 is 2.93 bits per heavy atom. The van der Waals surface area contributed by atoms with E-state index in [-0.39, 0.29) is 0 Å². The van der Waals surface area contributed by atoms with E-state index < -0.39 is 0 Å². The van der Waals surface area contributed by atoms with Gasteiger partial charge in [0.2, 0.25) is 0 Å². The first-order valence-electron chi connectivity index (χ1n) is 4.50. The van der Waals surface area contributed by atoms with Gasteiger partial charge in [-0.15, -0.1) is 0 Å². The van der Waals surface area contributed by atoms with Gasteiger partial charge in [-0.1, -0.05) is 27.8 Å². The van der Waals surface area contributed by atoms with Crippen LogP contribution < -0.4 is 4.74 Å². The maximum absolute atomic E-state index is 10.6. The maximum Gasteiger partial charge on any atom is 0.150 e. The highest BCUT2D eigenvalue weighted by molar-refractivity contribution is 9.09. The number of hydrogen-bond donors (Lipinski definition) is 0. The predicted molar refractivity (Wildman–Crippen MR) is 63.7 cm³/mol. The lowest BCUT2D eigenvalue weighted by atomic mass is 10.1. The summed E-state index contributed by atoms with van der Waals surface area (Å²) < 4.78 is 5.15. The van der Waals surface area contributed by atoms with Crippen molar-refractivity contribution in [3.05, 3.63) is 29.3 Å². The van der Waals surface area contributed by atoms with Gasteiger partial charge in [-0.25, -0.2) is 0 Å². The molecule has 0 saturated carbocycles. The minimum absolute atomic E-state index is 0.610. The molecule has 0 amide bonds. The maximum atomic E-state index is 10.6. The van der Waals surface area contributed by atoms with E-state index in [0.717, 1.165) is 23.6 Å². The van der Waals surface area contributed by atoms with Crippen LogP contribution in [0.15, 0.2) is 18.2 Å². The fourth-order valence-electron chi connectivity index (χ4n) is 1.10. The first-order chi connectivity index (χ1) is 7.31. The van der Waals surface area contributed by atoms with Gasteiger partial charge < -0.3 is 4.74 Å². The first-order valence-corrected chi connectivity index (χ1v) is 5.62. The molecule has 0 aromatic heterocycles. The van der Waals surface area contributed by atoms with E-state index in [4.69, 9.17) is 4.74 Å². The van der Waals surface area contributed by atoms with E-state index in [1.807, 2.05) is 0 Å². The number of alkyl halides is 1. The third kappa shape index (κ3) is 3.41. The lowest BCUT2D eigenvalue weighted by molar-refractivity contribution is 0.112. The smallest absolute Gasteiger partial charge is 0.150 e. The van der Waals surface area contributed by atoms with E-state index >= 15 is 0 Å². The Hall–Kier alpha value is -1.27. The summed E-state index contributed by atoms with van der Waals surface area (Å²) >= 11 is 3.30. The summed E-state index contributed by atoms with van der Waals surface area (Å²) in [5, 5.41) is 0.843. The SMILES string of the molecule is COc1ccc(C=O)cc1C#CCCBr. The Balaban J connectivity index is 3.02. The Kier molecular flexibility index (Phi) is 4.92. The van der Waals surface area contributed by atoms with Crippen LogP contribution in [0.3, 0.4) is 0 Å². The second-order valence-corrected chi connectivity index (χ2v) is 3.61. The van der Waals surface area contributed by atoms with E-state index in [1.165, 1.54) is 0 Å². The third-order valence-corrected chi connectivity index (χ3v) is 2.20.